The number of hydrogen-bond acceptors (Lipinski definition) is 2. The van der Waals surface area contributed by atoms with Crippen LogP contribution in [0.4, 0.5) is 5.69 Å². The summed E-state index contributed by atoms with van der Waals surface area (Å²) in [5.74, 6) is 0. The van der Waals surface area contributed by atoms with Gasteiger partial charge in [0.1, 0.15) is 0 Å². The molecule has 0 radical (unpaired) electrons. The van der Waals surface area contributed by atoms with Crippen LogP contribution in [0.25, 0.3) is 0 Å². The Labute approximate surface area is 107 Å². The van der Waals surface area contributed by atoms with Crippen LogP contribution in [0.15, 0.2) is 16.6 Å². The summed E-state index contributed by atoms with van der Waals surface area (Å²) >= 11 is 15.3. The SMILES string of the molecule is CC(CC#N)Nc1c(Cl)cc(Br)cc1Cl. The van der Waals surface area contributed by atoms with Gasteiger partial charge >= 0.3 is 0 Å². The summed E-state index contributed by atoms with van der Waals surface area (Å²) in [7, 11) is 0. The standard InChI is InChI=1S/C10H9BrCl2N2/c1-6(2-3-14)15-10-8(12)4-7(11)5-9(10)13/h4-6,15H,2H2,1H3. The van der Waals surface area contributed by atoms with Crippen LogP contribution in [0.2, 0.25) is 10.0 Å². The molecule has 0 heterocycles. The van der Waals surface area contributed by atoms with Gasteiger partial charge in [-0.15, -0.1) is 0 Å². The molecule has 0 aliphatic carbocycles. The average Bonchev–Trinajstić information content (AvgIpc) is 2.11. The molecule has 0 spiro atoms. The molecule has 1 aromatic carbocycles. The van der Waals surface area contributed by atoms with Crippen molar-refractivity contribution in [2.75, 3.05) is 5.32 Å². The molecule has 0 amide bonds. The van der Waals surface area contributed by atoms with E-state index in [1.165, 1.54) is 0 Å². The Kier molecular flexibility index (Phi) is 4.72. The Hall–Kier alpha value is -0.430. The van der Waals surface area contributed by atoms with Gasteiger partial charge in [-0.2, -0.15) is 5.26 Å². The zero-order chi connectivity index (χ0) is 11.4. The summed E-state index contributed by atoms with van der Waals surface area (Å²) in [6, 6.07) is 5.62. The van der Waals surface area contributed by atoms with Gasteiger partial charge in [0.25, 0.3) is 0 Å². The van der Waals surface area contributed by atoms with Crippen LogP contribution in [-0.2, 0) is 0 Å². The van der Waals surface area contributed by atoms with Gasteiger partial charge in [-0.05, 0) is 19.1 Å². The molecule has 0 bridgehead atoms. The van der Waals surface area contributed by atoms with Crippen molar-refractivity contribution in [1.82, 2.24) is 0 Å². The fourth-order valence-corrected chi connectivity index (χ4v) is 2.43. The Bertz CT molecular complexity index is 378. The van der Waals surface area contributed by atoms with Crippen molar-refractivity contribution in [1.29, 1.82) is 5.26 Å². The maximum atomic E-state index is 8.53. The first-order chi connectivity index (χ1) is 7.04. The molecule has 1 N–H and O–H groups in total. The minimum absolute atomic E-state index is 0.0196. The van der Waals surface area contributed by atoms with Crippen molar-refractivity contribution >= 4 is 44.8 Å². The summed E-state index contributed by atoms with van der Waals surface area (Å²) in [5, 5.41) is 12.7. The molecular weight excluding hydrogens is 299 g/mol. The van der Waals surface area contributed by atoms with Gasteiger partial charge in [0.15, 0.2) is 0 Å². The van der Waals surface area contributed by atoms with Crippen LogP contribution >= 0.6 is 39.1 Å². The van der Waals surface area contributed by atoms with Crippen LogP contribution in [0, 0.1) is 11.3 Å². The molecule has 1 atom stereocenters. The molecule has 2 nitrogen and oxygen atoms in total. The van der Waals surface area contributed by atoms with E-state index in [1.807, 2.05) is 6.92 Å². The molecule has 0 saturated heterocycles. The molecule has 0 saturated carbocycles. The molecule has 0 aliphatic heterocycles. The summed E-state index contributed by atoms with van der Waals surface area (Å²) in [6.07, 6.45) is 0.405. The normalized spacial score (nSPS) is 11.9. The van der Waals surface area contributed by atoms with Crippen molar-refractivity contribution in [3.63, 3.8) is 0 Å². The number of benzene rings is 1. The Morgan fingerprint density at radius 2 is 2.00 bits per heavy atom. The highest BCUT2D eigenvalue weighted by Gasteiger charge is 2.10. The monoisotopic (exact) mass is 306 g/mol. The molecule has 1 aromatic rings. The quantitative estimate of drug-likeness (QED) is 0.894. The third-order valence-electron chi connectivity index (χ3n) is 1.80. The molecular formula is C10H9BrCl2N2. The number of nitriles is 1. The Morgan fingerprint density at radius 3 is 2.47 bits per heavy atom. The fraction of sp³-hybridized carbons (Fsp3) is 0.300. The van der Waals surface area contributed by atoms with Crippen LogP contribution in [-0.4, -0.2) is 6.04 Å². The highest BCUT2D eigenvalue weighted by atomic mass is 79.9. The van der Waals surface area contributed by atoms with Crippen molar-refractivity contribution in [2.45, 2.75) is 19.4 Å². The molecule has 1 unspecified atom stereocenters. The minimum Gasteiger partial charge on any atom is -0.379 e. The highest BCUT2D eigenvalue weighted by molar-refractivity contribution is 9.10. The van der Waals surface area contributed by atoms with E-state index < -0.39 is 0 Å². The molecule has 1 rings (SSSR count). The smallest absolute Gasteiger partial charge is 0.0722 e. The van der Waals surface area contributed by atoms with E-state index in [0.29, 0.717) is 22.2 Å². The molecule has 0 aliphatic rings. The van der Waals surface area contributed by atoms with Crippen LogP contribution in [0.3, 0.4) is 0 Å². The topological polar surface area (TPSA) is 35.8 Å². The molecule has 5 heteroatoms. The van der Waals surface area contributed by atoms with E-state index in [0.717, 1.165) is 4.47 Å². The second-order valence-corrected chi connectivity index (χ2v) is 4.88. The number of rotatable bonds is 3. The Morgan fingerprint density at radius 1 is 1.47 bits per heavy atom. The minimum atomic E-state index is 0.0196. The number of nitrogens with zero attached hydrogens (tertiary/aromatic N) is 1. The van der Waals surface area contributed by atoms with Gasteiger partial charge < -0.3 is 5.32 Å². The van der Waals surface area contributed by atoms with Crippen molar-refractivity contribution in [2.24, 2.45) is 0 Å². The zero-order valence-corrected chi connectivity index (χ0v) is 11.1. The van der Waals surface area contributed by atoms with Gasteiger partial charge in [-0.3, -0.25) is 0 Å². The zero-order valence-electron chi connectivity index (χ0n) is 8.02. The number of anilines is 1. The van der Waals surface area contributed by atoms with E-state index in [9.17, 15) is 0 Å². The first-order valence-corrected chi connectivity index (χ1v) is 5.87. The van der Waals surface area contributed by atoms with E-state index in [2.05, 4.69) is 27.3 Å². The van der Waals surface area contributed by atoms with Gasteiger partial charge in [-0.1, -0.05) is 39.1 Å². The Balaban J connectivity index is 2.91. The third-order valence-corrected chi connectivity index (χ3v) is 2.85. The first-order valence-electron chi connectivity index (χ1n) is 4.32. The lowest BCUT2D eigenvalue weighted by Crippen LogP contribution is -2.14. The second-order valence-electron chi connectivity index (χ2n) is 3.15. The largest absolute Gasteiger partial charge is 0.379 e. The van der Waals surface area contributed by atoms with E-state index in [4.69, 9.17) is 28.5 Å². The maximum absolute atomic E-state index is 8.53. The van der Waals surface area contributed by atoms with Crippen LogP contribution < -0.4 is 5.32 Å². The average molecular weight is 308 g/mol. The summed E-state index contributed by atoms with van der Waals surface area (Å²) < 4.78 is 0.830. The van der Waals surface area contributed by atoms with Crippen LogP contribution in [0.5, 0.6) is 0 Å². The number of hydrogen-bond donors (Lipinski definition) is 1. The third kappa shape index (κ3) is 3.57. The fourth-order valence-electron chi connectivity index (χ4n) is 1.11. The molecule has 15 heavy (non-hydrogen) atoms. The van der Waals surface area contributed by atoms with Gasteiger partial charge in [0.05, 0.1) is 28.2 Å². The lowest BCUT2D eigenvalue weighted by atomic mass is 10.2. The van der Waals surface area contributed by atoms with E-state index in [-0.39, 0.29) is 6.04 Å². The maximum Gasteiger partial charge on any atom is 0.0722 e. The van der Waals surface area contributed by atoms with Gasteiger partial charge in [0.2, 0.25) is 0 Å². The predicted molar refractivity (Wildman–Crippen MR) is 67.5 cm³/mol. The van der Waals surface area contributed by atoms with Gasteiger partial charge in [0, 0.05) is 10.5 Å². The summed E-state index contributed by atoms with van der Waals surface area (Å²) in [4.78, 5) is 0. The first kappa shape index (κ1) is 12.6. The van der Waals surface area contributed by atoms with Crippen molar-refractivity contribution in [3.05, 3.63) is 26.7 Å². The number of halogens is 3. The predicted octanol–water partition coefficient (Wildman–Crippen LogP) is 4.47. The van der Waals surface area contributed by atoms with Crippen molar-refractivity contribution < 1.29 is 0 Å². The summed E-state index contributed by atoms with van der Waals surface area (Å²) in [5.41, 5.74) is 0.671. The van der Waals surface area contributed by atoms with Crippen molar-refractivity contribution in [3.8, 4) is 6.07 Å². The van der Waals surface area contributed by atoms with E-state index in [1.54, 1.807) is 12.1 Å². The molecule has 0 aromatic heterocycles. The lowest BCUT2D eigenvalue weighted by molar-refractivity contribution is 0.821. The summed E-state index contributed by atoms with van der Waals surface area (Å²) in [6.45, 7) is 1.90. The lowest BCUT2D eigenvalue weighted by Gasteiger charge is -2.15. The highest BCUT2D eigenvalue weighted by Crippen LogP contribution is 2.34. The van der Waals surface area contributed by atoms with Crippen LogP contribution in [0.1, 0.15) is 13.3 Å². The van der Waals surface area contributed by atoms with Gasteiger partial charge in [-0.25, -0.2) is 0 Å². The second kappa shape index (κ2) is 5.60. The number of nitrogens with one attached hydrogen (secondary N) is 1. The molecule has 80 valence electrons. The van der Waals surface area contributed by atoms with E-state index >= 15 is 0 Å². The molecule has 0 fully saturated rings.